The summed E-state index contributed by atoms with van der Waals surface area (Å²) in [6, 6.07) is 0. The van der Waals surface area contributed by atoms with E-state index < -0.39 is 10.4 Å². The summed E-state index contributed by atoms with van der Waals surface area (Å²) in [7, 11) is -5.17. The van der Waals surface area contributed by atoms with E-state index in [-0.39, 0.29) is 101 Å². The summed E-state index contributed by atoms with van der Waals surface area (Å²) in [5.74, 6) is 0. The maximum atomic E-state index is 8.52. The van der Waals surface area contributed by atoms with Crippen molar-refractivity contribution in [2.75, 3.05) is 0 Å². The summed E-state index contributed by atoms with van der Waals surface area (Å²) >= 11 is 0. The van der Waals surface area contributed by atoms with E-state index in [4.69, 9.17) is 17.5 Å². The smallest absolute Gasteiger partial charge is 2.00 e. The Morgan fingerprint density at radius 3 is 1.00 bits per heavy atom. The van der Waals surface area contributed by atoms with Crippen molar-refractivity contribution < 1.29 is 69.7 Å². The van der Waals surface area contributed by atoms with E-state index >= 15 is 0 Å². The summed E-state index contributed by atoms with van der Waals surface area (Å²) in [5, 5.41) is 0. The standard InChI is InChI=1S/Ba.H2O4S.2O.Ti.Zn/c;1-5(2,3)4;;;;/h;(H2,1,2,3,4);;;;/q+2;;2*-2;+4;+2/p-2. The van der Waals surface area contributed by atoms with Crippen LogP contribution in [0.15, 0.2) is 0 Å². The van der Waals surface area contributed by atoms with Gasteiger partial charge in [-0.25, -0.2) is 0 Å². The molecule has 0 aliphatic heterocycles. The molecule has 0 aliphatic rings. The van der Waals surface area contributed by atoms with Gasteiger partial charge in [-0.3, -0.25) is 8.42 Å². The minimum atomic E-state index is -5.17. The van der Waals surface area contributed by atoms with E-state index in [1.54, 1.807) is 0 Å². The van der Waals surface area contributed by atoms with Crippen molar-refractivity contribution >= 4 is 59.3 Å². The second-order valence-corrected chi connectivity index (χ2v) is 1.22. The molecular formula is BaO6STiZn+2. The van der Waals surface area contributed by atoms with Gasteiger partial charge in [-0.2, -0.15) is 0 Å². The molecule has 0 fully saturated rings. The van der Waals surface area contributed by atoms with E-state index in [9.17, 15) is 0 Å². The van der Waals surface area contributed by atoms with Crippen molar-refractivity contribution in [3.05, 3.63) is 0 Å². The molecule has 48 valence electrons. The van der Waals surface area contributed by atoms with Crippen LogP contribution in [0.5, 0.6) is 0 Å². The van der Waals surface area contributed by atoms with E-state index in [2.05, 4.69) is 0 Å². The summed E-state index contributed by atoms with van der Waals surface area (Å²) in [4.78, 5) is 0. The molecule has 0 spiro atoms. The van der Waals surface area contributed by atoms with Gasteiger partial charge in [-0.1, -0.05) is 0 Å². The predicted octanol–water partition coefficient (Wildman–Crippen LogP) is -1.96. The number of hydrogen-bond acceptors (Lipinski definition) is 4. The minimum absolute atomic E-state index is 0. The SMILES string of the molecule is O=S(=O)([O-])[O-].[Ba+2].[O-2].[O-2].[Ti+4].[Zn+2]. The van der Waals surface area contributed by atoms with Crippen LogP contribution in [0.1, 0.15) is 0 Å². The normalized spacial score (nSPS) is 5.80. The molecule has 0 aliphatic carbocycles. The molecule has 0 saturated heterocycles. The van der Waals surface area contributed by atoms with Crippen molar-refractivity contribution in [3.8, 4) is 0 Å². The third-order valence-electron chi connectivity index (χ3n) is 0. The monoisotopic (exact) mass is 378 g/mol. The first-order chi connectivity index (χ1) is 2.00. The van der Waals surface area contributed by atoms with E-state index in [0.29, 0.717) is 0 Å². The van der Waals surface area contributed by atoms with Crippen LogP contribution in [0.2, 0.25) is 0 Å². The fourth-order valence-corrected chi connectivity index (χ4v) is 0. The first-order valence-corrected chi connectivity index (χ1v) is 2.00. The molecule has 0 aromatic rings. The second-order valence-electron chi connectivity index (χ2n) is 0.408. The Labute approximate surface area is 126 Å². The molecule has 0 bridgehead atoms. The summed E-state index contributed by atoms with van der Waals surface area (Å²) in [5.41, 5.74) is 0. The molecule has 10 heavy (non-hydrogen) atoms. The second kappa shape index (κ2) is 17.7. The largest absolute Gasteiger partial charge is 4.00 e. The maximum absolute atomic E-state index is 8.52. The molecule has 6 nitrogen and oxygen atoms in total. The van der Waals surface area contributed by atoms with Crippen LogP contribution in [0.4, 0.5) is 0 Å². The third-order valence-corrected chi connectivity index (χ3v) is 0. The Hall–Kier alpha value is 2.70. The van der Waals surface area contributed by atoms with Crippen LogP contribution in [-0.2, 0) is 62.5 Å². The fourth-order valence-electron chi connectivity index (χ4n) is 0. The zero-order valence-electron chi connectivity index (χ0n) is 4.77. The summed E-state index contributed by atoms with van der Waals surface area (Å²) in [6.45, 7) is 0. The Balaban J connectivity index is -0.00000000800. The van der Waals surface area contributed by atoms with E-state index in [1.165, 1.54) is 0 Å². The molecule has 10 heteroatoms. The van der Waals surface area contributed by atoms with Crippen LogP contribution in [0.3, 0.4) is 0 Å². The average molecular weight is 379 g/mol. The summed E-state index contributed by atoms with van der Waals surface area (Å²) < 4.78 is 34.1. The first-order valence-electron chi connectivity index (χ1n) is 0.667. The van der Waals surface area contributed by atoms with Gasteiger partial charge in [0.25, 0.3) is 0 Å². The first kappa shape index (κ1) is 38.7. The third kappa shape index (κ3) is 138. The summed E-state index contributed by atoms with van der Waals surface area (Å²) in [6.07, 6.45) is 0. The quantitative estimate of drug-likeness (QED) is 0.274. The van der Waals surface area contributed by atoms with Gasteiger partial charge >= 0.3 is 90.1 Å². The zero-order chi connectivity index (χ0) is 4.50. The van der Waals surface area contributed by atoms with E-state index in [0.717, 1.165) is 0 Å². The molecule has 0 unspecified atom stereocenters. The fraction of sp³-hybridized carbons (Fsp3) is 0. The molecule has 0 aromatic carbocycles. The van der Waals surface area contributed by atoms with Crippen LogP contribution in [0.25, 0.3) is 0 Å². The molecule has 0 saturated carbocycles. The minimum Gasteiger partial charge on any atom is -2.00 e. The molecule has 0 atom stereocenters. The predicted molar refractivity (Wildman–Crippen MR) is 17.6 cm³/mol. The van der Waals surface area contributed by atoms with Crippen molar-refractivity contribution in [3.63, 3.8) is 0 Å². The Morgan fingerprint density at radius 1 is 1.00 bits per heavy atom. The maximum Gasteiger partial charge on any atom is 4.00 e. The van der Waals surface area contributed by atoms with Gasteiger partial charge in [0.1, 0.15) is 0 Å². The molecule has 0 aromatic heterocycles. The van der Waals surface area contributed by atoms with Gasteiger partial charge in [0, 0.05) is 10.4 Å². The van der Waals surface area contributed by atoms with Gasteiger partial charge in [0.2, 0.25) is 0 Å². The Kier molecular flexibility index (Phi) is 68.5. The van der Waals surface area contributed by atoms with Crippen molar-refractivity contribution in [1.82, 2.24) is 0 Å². The van der Waals surface area contributed by atoms with Gasteiger partial charge in [0.15, 0.2) is 0 Å². The van der Waals surface area contributed by atoms with Gasteiger partial charge in [0.05, 0.1) is 0 Å². The Bertz CT molecular complexity index is 101. The molecule has 0 amide bonds. The van der Waals surface area contributed by atoms with Gasteiger partial charge in [-0.05, 0) is 0 Å². The van der Waals surface area contributed by atoms with E-state index in [1.807, 2.05) is 0 Å². The van der Waals surface area contributed by atoms with Gasteiger partial charge in [-0.15, -0.1) is 0 Å². The molecule has 0 heterocycles. The van der Waals surface area contributed by atoms with Crippen molar-refractivity contribution in [1.29, 1.82) is 0 Å². The molecule has 0 rings (SSSR count). The molecular weight excluding hydrogens is 379 g/mol. The molecule has 0 radical (unpaired) electrons. The van der Waals surface area contributed by atoms with Crippen LogP contribution < -0.4 is 0 Å². The van der Waals surface area contributed by atoms with Crippen LogP contribution in [-0.4, -0.2) is 66.4 Å². The topological polar surface area (TPSA) is 137 Å². The zero-order valence-corrected chi connectivity index (χ0v) is 14.6. The molecule has 0 N–H and O–H groups in total. The number of hydrogen-bond donors (Lipinski definition) is 0. The Morgan fingerprint density at radius 2 is 1.00 bits per heavy atom. The average Bonchev–Trinajstić information content (AvgIpc) is 0.722. The van der Waals surface area contributed by atoms with Crippen LogP contribution in [0, 0.1) is 0 Å². The van der Waals surface area contributed by atoms with Gasteiger partial charge < -0.3 is 20.1 Å². The van der Waals surface area contributed by atoms with Crippen molar-refractivity contribution in [2.45, 2.75) is 0 Å². The number of rotatable bonds is 0. The van der Waals surface area contributed by atoms with Crippen molar-refractivity contribution in [2.24, 2.45) is 0 Å². The van der Waals surface area contributed by atoms with Crippen LogP contribution >= 0.6 is 0 Å².